The van der Waals surface area contributed by atoms with E-state index in [9.17, 15) is 9.90 Å². The Labute approximate surface area is 102 Å². The molecule has 5 heteroatoms. The summed E-state index contributed by atoms with van der Waals surface area (Å²) in [5.74, 6) is -0.471. The van der Waals surface area contributed by atoms with Gasteiger partial charge in [0, 0.05) is 5.56 Å². The molecule has 0 saturated carbocycles. The second-order valence-electron chi connectivity index (χ2n) is 3.80. The van der Waals surface area contributed by atoms with E-state index in [0.717, 1.165) is 5.56 Å². The summed E-state index contributed by atoms with van der Waals surface area (Å²) in [5.41, 5.74) is 1.50. The van der Waals surface area contributed by atoms with Gasteiger partial charge in [-0.25, -0.2) is 4.79 Å². The van der Waals surface area contributed by atoms with E-state index in [1.165, 1.54) is 10.5 Å². The molecule has 1 aromatic carbocycles. The van der Waals surface area contributed by atoms with Crippen LogP contribution in [0.25, 0.3) is 17.0 Å². The van der Waals surface area contributed by atoms with Crippen LogP contribution < -0.4 is 0 Å². The van der Waals surface area contributed by atoms with Crippen molar-refractivity contribution >= 4 is 11.6 Å². The molecule has 0 atom stereocenters. The molecule has 0 aliphatic heterocycles. The minimum Gasteiger partial charge on any atom is -0.477 e. The monoisotopic (exact) mass is 239 g/mol. The molecule has 0 spiro atoms. The Morgan fingerprint density at radius 2 is 1.78 bits per heavy atom. The van der Waals surface area contributed by atoms with Crippen molar-refractivity contribution in [2.24, 2.45) is 0 Å². The van der Waals surface area contributed by atoms with Gasteiger partial charge in [0.15, 0.2) is 11.5 Å². The Kier molecular flexibility index (Phi) is 2.30. The summed E-state index contributed by atoms with van der Waals surface area (Å²) in [6.07, 6.45) is 0. The van der Waals surface area contributed by atoms with Crippen LogP contribution >= 0.6 is 0 Å². The normalized spacial score (nSPS) is 10.7. The predicted octanol–water partition coefficient (Wildman–Crippen LogP) is 2.09. The van der Waals surface area contributed by atoms with Crippen molar-refractivity contribution in [3.8, 4) is 11.4 Å². The molecule has 0 aliphatic carbocycles. The SMILES string of the molecule is O=C(O)c1cccc2nnc(-c3ccccc3)n12. The molecular formula is C13H9N3O2. The first-order valence-electron chi connectivity index (χ1n) is 5.40. The number of carbonyl (C=O) groups is 1. The number of rotatable bonds is 2. The van der Waals surface area contributed by atoms with Crippen LogP contribution in [-0.2, 0) is 0 Å². The van der Waals surface area contributed by atoms with E-state index < -0.39 is 5.97 Å². The maximum Gasteiger partial charge on any atom is 0.352 e. The van der Waals surface area contributed by atoms with E-state index in [1.54, 1.807) is 12.1 Å². The Bertz CT molecular complexity index is 719. The van der Waals surface area contributed by atoms with E-state index >= 15 is 0 Å². The standard InChI is InChI=1S/C13H9N3O2/c17-13(18)10-7-4-8-11-14-15-12(16(10)11)9-5-2-1-3-6-9/h1-8H,(H,17,18). The molecule has 0 bridgehead atoms. The van der Waals surface area contributed by atoms with Crippen molar-refractivity contribution in [1.29, 1.82) is 0 Å². The molecule has 0 fully saturated rings. The van der Waals surface area contributed by atoms with Gasteiger partial charge in [-0.15, -0.1) is 10.2 Å². The summed E-state index contributed by atoms with van der Waals surface area (Å²) in [7, 11) is 0. The fourth-order valence-electron chi connectivity index (χ4n) is 1.88. The highest BCUT2D eigenvalue weighted by atomic mass is 16.4. The van der Waals surface area contributed by atoms with Crippen molar-refractivity contribution in [2.45, 2.75) is 0 Å². The van der Waals surface area contributed by atoms with Gasteiger partial charge in [0.25, 0.3) is 0 Å². The smallest absolute Gasteiger partial charge is 0.352 e. The Morgan fingerprint density at radius 1 is 1.00 bits per heavy atom. The van der Waals surface area contributed by atoms with Gasteiger partial charge in [0.2, 0.25) is 0 Å². The molecule has 88 valence electrons. The van der Waals surface area contributed by atoms with Crippen LogP contribution in [0.2, 0.25) is 0 Å². The number of hydrogen-bond donors (Lipinski definition) is 1. The van der Waals surface area contributed by atoms with Crippen LogP contribution in [0, 0.1) is 0 Å². The third-order valence-corrected chi connectivity index (χ3v) is 2.68. The molecule has 0 unspecified atom stereocenters. The number of fused-ring (bicyclic) bond motifs is 1. The van der Waals surface area contributed by atoms with Crippen LogP contribution in [0.15, 0.2) is 48.5 Å². The first-order valence-corrected chi connectivity index (χ1v) is 5.40. The lowest BCUT2D eigenvalue weighted by atomic mass is 10.2. The largest absolute Gasteiger partial charge is 0.477 e. The van der Waals surface area contributed by atoms with Crippen LogP contribution in [0.5, 0.6) is 0 Å². The lowest BCUT2D eigenvalue weighted by Gasteiger charge is -2.03. The molecule has 3 rings (SSSR count). The summed E-state index contributed by atoms with van der Waals surface area (Å²) in [6.45, 7) is 0. The third-order valence-electron chi connectivity index (χ3n) is 2.68. The van der Waals surface area contributed by atoms with E-state index in [0.29, 0.717) is 11.5 Å². The third kappa shape index (κ3) is 1.53. The first-order chi connectivity index (χ1) is 8.77. The van der Waals surface area contributed by atoms with E-state index in [4.69, 9.17) is 0 Å². The summed E-state index contributed by atoms with van der Waals surface area (Å²) < 4.78 is 1.54. The van der Waals surface area contributed by atoms with E-state index in [2.05, 4.69) is 10.2 Å². The summed E-state index contributed by atoms with van der Waals surface area (Å²) >= 11 is 0. The quantitative estimate of drug-likeness (QED) is 0.743. The van der Waals surface area contributed by atoms with Crippen LogP contribution in [0.4, 0.5) is 0 Å². The second kappa shape index (κ2) is 3.96. The zero-order valence-corrected chi connectivity index (χ0v) is 9.32. The van der Waals surface area contributed by atoms with Gasteiger partial charge in [0.1, 0.15) is 5.69 Å². The second-order valence-corrected chi connectivity index (χ2v) is 3.80. The minimum atomic E-state index is -1.00. The molecule has 2 heterocycles. The molecule has 5 nitrogen and oxygen atoms in total. The van der Waals surface area contributed by atoms with Gasteiger partial charge in [-0.3, -0.25) is 4.40 Å². The maximum atomic E-state index is 11.2. The van der Waals surface area contributed by atoms with Crippen molar-refractivity contribution in [3.63, 3.8) is 0 Å². The minimum absolute atomic E-state index is 0.149. The number of aromatic nitrogens is 3. The highest BCUT2D eigenvalue weighted by molar-refractivity contribution is 5.87. The average Bonchev–Trinajstić information content (AvgIpc) is 2.83. The molecular weight excluding hydrogens is 230 g/mol. The number of nitrogens with zero attached hydrogens (tertiary/aromatic N) is 3. The zero-order valence-electron chi connectivity index (χ0n) is 9.32. The lowest BCUT2D eigenvalue weighted by Crippen LogP contribution is -2.05. The Morgan fingerprint density at radius 3 is 2.50 bits per heavy atom. The number of aromatic carboxylic acids is 1. The van der Waals surface area contributed by atoms with Crippen LogP contribution in [-0.4, -0.2) is 25.7 Å². The van der Waals surface area contributed by atoms with Gasteiger partial charge in [-0.05, 0) is 12.1 Å². The van der Waals surface area contributed by atoms with Gasteiger partial charge < -0.3 is 5.11 Å². The van der Waals surface area contributed by atoms with E-state index in [-0.39, 0.29) is 5.69 Å². The maximum absolute atomic E-state index is 11.2. The Hall–Kier alpha value is -2.69. The predicted molar refractivity (Wildman–Crippen MR) is 65.4 cm³/mol. The number of carboxylic acids is 1. The first kappa shape index (κ1) is 10.5. The van der Waals surface area contributed by atoms with Gasteiger partial charge in [-0.2, -0.15) is 0 Å². The van der Waals surface area contributed by atoms with Gasteiger partial charge in [0.05, 0.1) is 0 Å². The Balaban J connectivity index is 2.35. The lowest BCUT2D eigenvalue weighted by molar-refractivity contribution is 0.0689. The van der Waals surface area contributed by atoms with Crippen molar-refractivity contribution in [1.82, 2.24) is 14.6 Å². The number of pyridine rings is 1. The molecule has 1 N–H and O–H groups in total. The number of benzene rings is 1. The summed E-state index contributed by atoms with van der Waals surface area (Å²) in [5, 5.41) is 17.2. The molecule has 3 aromatic rings. The van der Waals surface area contributed by atoms with Crippen molar-refractivity contribution in [2.75, 3.05) is 0 Å². The van der Waals surface area contributed by atoms with Gasteiger partial charge in [-0.1, -0.05) is 36.4 Å². The highest BCUT2D eigenvalue weighted by Gasteiger charge is 2.14. The van der Waals surface area contributed by atoms with Crippen LogP contribution in [0.3, 0.4) is 0 Å². The number of carboxylic acid groups (broad SMARTS) is 1. The van der Waals surface area contributed by atoms with Crippen molar-refractivity contribution < 1.29 is 9.90 Å². The zero-order chi connectivity index (χ0) is 12.5. The average molecular weight is 239 g/mol. The molecule has 18 heavy (non-hydrogen) atoms. The van der Waals surface area contributed by atoms with E-state index in [1.807, 2.05) is 30.3 Å². The highest BCUT2D eigenvalue weighted by Crippen LogP contribution is 2.19. The summed E-state index contributed by atoms with van der Waals surface area (Å²) in [6, 6.07) is 14.3. The van der Waals surface area contributed by atoms with Crippen LogP contribution in [0.1, 0.15) is 10.5 Å². The fourth-order valence-corrected chi connectivity index (χ4v) is 1.88. The molecule has 2 aromatic heterocycles. The fraction of sp³-hybridized carbons (Fsp3) is 0. The molecule has 0 aliphatic rings. The van der Waals surface area contributed by atoms with Gasteiger partial charge >= 0.3 is 5.97 Å². The molecule has 0 amide bonds. The summed E-state index contributed by atoms with van der Waals surface area (Å²) in [4.78, 5) is 11.2. The number of hydrogen-bond acceptors (Lipinski definition) is 3. The molecule has 0 radical (unpaired) electrons. The molecule has 0 saturated heterocycles. The topological polar surface area (TPSA) is 67.5 Å². The van der Waals surface area contributed by atoms with Crippen molar-refractivity contribution in [3.05, 3.63) is 54.2 Å².